The summed E-state index contributed by atoms with van der Waals surface area (Å²) in [4.78, 5) is 11.7. The summed E-state index contributed by atoms with van der Waals surface area (Å²) in [5.41, 5.74) is 1.89. The van der Waals surface area contributed by atoms with Crippen LogP contribution in [0.5, 0.6) is 0 Å². The van der Waals surface area contributed by atoms with Crippen molar-refractivity contribution in [1.82, 2.24) is 0 Å². The van der Waals surface area contributed by atoms with Gasteiger partial charge in [0.1, 0.15) is 6.09 Å². The summed E-state index contributed by atoms with van der Waals surface area (Å²) in [6.07, 6.45) is -1.20. The fourth-order valence-electron chi connectivity index (χ4n) is 1.29. The second kappa shape index (κ2) is 3.93. The zero-order valence-corrected chi connectivity index (χ0v) is 9.57. The third kappa shape index (κ3) is 2.72. The first-order valence-corrected chi connectivity index (χ1v) is 4.87. The Balaban J connectivity index is 2.95. The van der Waals surface area contributed by atoms with Crippen LogP contribution in [0.25, 0.3) is 0 Å². The van der Waals surface area contributed by atoms with Crippen LogP contribution in [0.3, 0.4) is 0 Å². The van der Waals surface area contributed by atoms with Crippen molar-refractivity contribution >= 4 is 11.8 Å². The maximum atomic E-state index is 10.6. The normalized spacial score (nSPS) is 11.2. The zero-order chi connectivity index (χ0) is 11.6. The van der Waals surface area contributed by atoms with E-state index < -0.39 is 6.09 Å². The number of hydrogen-bond acceptors (Lipinski definition) is 2. The summed E-state index contributed by atoms with van der Waals surface area (Å²) in [6, 6.07) is 7.45. The Morgan fingerprint density at radius 1 is 1.20 bits per heavy atom. The quantitative estimate of drug-likeness (QED) is 0.702. The third-order valence-electron chi connectivity index (χ3n) is 2.39. The maximum absolute atomic E-state index is 10.6. The van der Waals surface area contributed by atoms with E-state index in [0.29, 0.717) is 5.69 Å². The molecule has 1 amide bonds. The van der Waals surface area contributed by atoms with Gasteiger partial charge in [-0.05, 0) is 23.1 Å². The standard InChI is InChI=1S/C12H17NO2/c1-12(2,3)9-5-7-10(8-6-9)13(4)11(14)15/h5-8H,1-4H3,(H,14,15)/p-1. The van der Waals surface area contributed by atoms with Gasteiger partial charge in [-0.1, -0.05) is 32.9 Å². The van der Waals surface area contributed by atoms with E-state index in [1.807, 2.05) is 12.1 Å². The van der Waals surface area contributed by atoms with E-state index in [1.165, 1.54) is 12.6 Å². The van der Waals surface area contributed by atoms with Crippen molar-refractivity contribution in [3.8, 4) is 0 Å². The van der Waals surface area contributed by atoms with Crippen LogP contribution in [-0.2, 0) is 5.41 Å². The van der Waals surface area contributed by atoms with Crippen LogP contribution in [0.4, 0.5) is 10.5 Å². The van der Waals surface area contributed by atoms with Gasteiger partial charge in [-0.3, -0.25) is 0 Å². The van der Waals surface area contributed by atoms with E-state index >= 15 is 0 Å². The van der Waals surface area contributed by atoms with E-state index in [9.17, 15) is 9.90 Å². The van der Waals surface area contributed by atoms with Crippen LogP contribution >= 0.6 is 0 Å². The highest BCUT2D eigenvalue weighted by Gasteiger charge is 2.13. The molecule has 1 aromatic carbocycles. The molecule has 82 valence electrons. The van der Waals surface area contributed by atoms with Crippen molar-refractivity contribution in [2.45, 2.75) is 26.2 Å². The van der Waals surface area contributed by atoms with E-state index in [0.717, 1.165) is 4.90 Å². The highest BCUT2D eigenvalue weighted by Crippen LogP contribution is 2.24. The molecule has 3 heteroatoms. The Bertz CT molecular complexity index is 349. The van der Waals surface area contributed by atoms with Gasteiger partial charge in [0.2, 0.25) is 0 Å². The highest BCUT2D eigenvalue weighted by atomic mass is 16.4. The van der Waals surface area contributed by atoms with Crippen molar-refractivity contribution in [1.29, 1.82) is 0 Å². The average Bonchev–Trinajstić information content (AvgIpc) is 2.15. The Kier molecular flexibility index (Phi) is 3.03. The minimum Gasteiger partial charge on any atom is -0.530 e. The van der Waals surface area contributed by atoms with Crippen molar-refractivity contribution in [3.63, 3.8) is 0 Å². The third-order valence-corrected chi connectivity index (χ3v) is 2.39. The molecule has 0 unspecified atom stereocenters. The average molecular weight is 206 g/mol. The number of anilines is 1. The van der Waals surface area contributed by atoms with Gasteiger partial charge in [-0.2, -0.15) is 0 Å². The number of carbonyl (C=O) groups excluding carboxylic acids is 1. The minimum absolute atomic E-state index is 0.0819. The van der Waals surface area contributed by atoms with Gasteiger partial charge < -0.3 is 14.8 Å². The molecule has 3 nitrogen and oxygen atoms in total. The smallest absolute Gasteiger partial charge is 0.141 e. The largest absolute Gasteiger partial charge is 0.530 e. The molecule has 0 aromatic heterocycles. The fourth-order valence-corrected chi connectivity index (χ4v) is 1.29. The summed E-state index contributed by atoms with van der Waals surface area (Å²) in [5, 5.41) is 10.6. The number of carbonyl (C=O) groups is 1. The molecule has 0 aliphatic carbocycles. The predicted molar refractivity (Wildman–Crippen MR) is 58.9 cm³/mol. The number of hydrogen-bond donors (Lipinski definition) is 0. The lowest BCUT2D eigenvalue weighted by molar-refractivity contribution is -0.246. The molecule has 1 rings (SSSR count). The molecule has 0 N–H and O–H groups in total. The summed E-state index contributed by atoms with van der Waals surface area (Å²) in [7, 11) is 1.47. The SMILES string of the molecule is CN(C(=O)[O-])c1ccc(C(C)(C)C)cc1. The monoisotopic (exact) mass is 206 g/mol. The molecular formula is C12H16NO2-. The lowest BCUT2D eigenvalue weighted by Crippen LogP contribution is -2.38. The summed E-state index contributed by atoms with van der Waals surface area (Å²) in [5.74, 6) is 0. The Morgan fingerprint density at radius 3 is 2.00 bits per heavy atom. The first kappa shape index (κ1) is 11.6. The number of rotatable bonds is 1. The molecule has 15 heavy (non-hydrogen) atoms. The van der Waals surface area contributed by atoms with Crippen molar-refractivity contribution in [3.05, 3.63) is 29.8 Å². The Morgan fingerprint density at radius 2 is 1.67 bits per heavy atom. The number of amides is 1. The van der Waals surface area contributed by atoms with Crippen LogP contribution in [0.2, 0.25) is 0 Å². The number of nitrogens with zero attached hydrogens (tertiary/aromatic N) is 1. The Hall–Kier alpha value is -1.51. The molecule has 0 fully saturated rings. The second-order valence-electron chi connectivity index (χ2n) is 4.62. The zero-order valence-electron chi connectivity index (χ0n) is 9.57. The summed E-state index contributed by atoms with van der Waals surface area (Å²) < 4.78 is 0. The minimum atomic E-state index is -1.20. The maximum Gasteiger partial charge on any atom is 0.141 e. The second-order valence-corrected chi connectivity index (χ2v) is 4.62. The van der Waals surface area contributed by atoms with Crippen LogP contribution < -0.4 is 10.0 Å². The highest BCUT2D eigenvalue weighted by molar-refractivity contribution is 5.83. The molecule has 0 saturated carbocycles. The molecule has 0 aliphatic heterocycles. The molecule has 0 spiro atoms. The molecule has 0 heterocycles. The van der Waals surface area contributed by atoms with E-state index in [1.54, 1.807) is 12.1 Å². The van der Waals surface area contributed by atoms with Gasteiger partial charge in [0, 0.05) is 12.7 Å². The van der Waals surface area contributed by atoms with Crippen LogP contribution in [0.1, 0.15) is 26.3 Å². The summed E-state index contributed by atoms with van der Waals surface area (Å²) >= 11 is 0. The molecule has 0 bridgehead atoms. The fraction of sp³-hybridized carbons (Fsp3) is 0.417. The summed E-state index contributed by atoms with van der Waals surface area (Å²) in [6.45, 7) is 6.35. The first-order chi connectivity index (χ1) is 6.82. The lowest BCUT2D eigenvalue weighted by atomic mass is 9.87. The molecular weight excluding hydrogens is 190 g/mol. The van der Waals surface area contributed by atoms with Crippen LogP contribution in [0.15, 0.2) is 24.3 Å². The number of benzene rings is 1. The van der Waals surface area contributed by atoms with Gasteiger partial charge in [0.05, 0.1) is 0 Å². The molecule has 0 saturated heterocycles. The molecule has 0 atom stereocenters. The van der Waals surface area contributed by atoms with E-state index in [-0.39, 0.29) is 5.41 Å². The number of carboxylic acid groups (broad SMARTS) is 1. The topological polar surface area (TPSA) is 43.4 Å². The van der Waals surface area contributed by atoms with Crippen molar-refractivity contribution in [2.75, 3.05) is 11.9 Å². The van der Waals surface area contributed by atoms with Gasteiger partial charge in [0.15, 0.2) is 0 Å². The van der Waals surface area contributed by atoms with E-state index in [2.05, 4.69) is 20.8 Å². The van der Waals surface area contributed by atoms with Crippen LogP contribution in [-0.4, -0.2) is 13.1 Å². The molecule has 1 aromatic rings. The molecule has 0 radical (unpaired) electrons. The van der Waals surface area contributed by atoms with E-state index in [4.69, 9.17) is 0 Å². The lowest BCUT2D eigenvalue weighted by Gasteiger charge is -2.22. The predicted octanol–water partition coefficient (Wildman–Crippen LogP) is 1.76. The van der Waals surface area contributed by atoms with Crippen molar-refractivity contribution in [2.24, 2.45) is 0 Å². The van der Waals surface area contributed by atoms with Gasteiger partial charge in [0.25, 0.3) is 0 Å². The van der Waals surface area contributed by atoms with Gasteiger partial charge in [-0.15, -0.1) is 0 Å². The molecule has 0 aliphatic rings. The Labute approximate surface area is 90.3 Å². The van der Waals surface area contributed by atoms with Gasteiger partial charge >= 0.3 is 0 Å². The van der Waals surface area contributed by atoms with Gasteiger partial charge in [-0.25, -0.2) is 0 Å². The van der Waals surface area contributed by atoms with Crippen molar-refractivity contribution < 1.29 is 9.90 Å². The first-order valence-electron chi connectivity index (χ1n) is 4.87. The van der Waals surface area contributed by atoms with Crippen LogP contribution in [0, 0.1) is 0 Å².